The Hall–Kier alpha value is -1.56. The average Bonchev–Trinajstić information content (AvgIpc) is 2.41. The summed E-state index contributed by atoms with van der Waals surface area (Å²) in [5, 5.41) is 8.75. The molecule has 0 saturated heterocycles. The maximum atomic E-state index is 12.2. The standard InChI is InChI=1S/C15H20BrNO4/c1-11(2)9-17(8-7-15(19)20)14(18)10-21-13-6-4-3-5-12(13)16/h3-6,11H,7-10H2,1-2H3,(H,19,20). The van der Waals surface area contributed by atoms with Gasteiger partial charge in [0, 0.05) is 13.1 Å². The van der Waals surface area contributed by atoms with Crippen LogP contribution >= 0.6 is 15.9 Å². The molecule has 6 heteroatoms. The minimum absolute atomic E-state index is 0.0620. The quantitative estimate of drug-likeness (QED) is 0.776. The first-order chi connectivity index (χ1) is 9.90. The van der Waals surface area contributed by atoms with E-state index in [0.29, 0.717) is 12.3 Å². The summed E-state index contributed by atoms with van der Waals surface area (Å²) >= 11 is 3.35. The van der Waals surface area contributed by atoms with E-state index in [1.54, 1.807) is 6.07 Å². The highest BCUT2D eigenvalue weighted by Crippen LogP contribution is 2.23. The highest BCUT2D eigenvalue weighted by molar-refractivity contribution is 9.10. The molecule has 0 saturated carbocycles. The number of hydrogen-bond donors (Lipinski definition) is 1. The summed E-state index contributed by atoms with van der Waals surface area (Å²) in [7, 11) is 0. The Bertz CT molecular complexity index is 490. The minimum Gasteiger partial charge on any atom is -0.483 e. The molecule has 0 fully saturated rings. The number of rotatable bonds is 8. The van der Waals surface area contributed by atoms with Gasteiger partial charge in [-0.1, -0.05) is 26.0 Å². The van der Waals surface area contributed by atoms with Crippen LogP contribution in [0.2, 0.25) is 0 Å². The molecule has 1 amide bonds. The number of ether oxygens (including phenoxy) is 1. The van der Waals surface area contributed by atoms with Gasteiger partial charge < -0.3 is 14.7 Å². The second-order valence-electron chi connectivity index (χ2n) is 5.10. The highest BCUT2D eigenvalue weighted by Gasteiger charge is 2.17. The van der Waals surface area contributed by atoms with Crippen LogP contribution in [0.15, 0.2) is 28.7 Å². The SMILES string of the molecule is CC(C)CN(CCC(=O)O)C(=O)COc1ccccc1Br. The number of para-hydroxylation sites is 1. The molecule has 0 radical (unpaired) electrons. The first-order valence-electron chi connectivity index (χ1n) is 6.77. The van der Waals surface area contributed by atoms with Crippen molar-refractivity contribution in [2.45, 2.75) is 20.3 Å². The molecule has 0 unspecified atom stereocenters. The molecular weight excluding hydrogens is 338 g/mol. The number of hydrogen-bond acceptors (Lipinski definition) is 3. The number of carboxylic acids is 1. The van der Waals surface area contributed by atoms with Crippen LogP contribution in [0, 0.1) is 5.92 Å². The van der Waals surface area contributed by atoms with E-state index >= 15 is 0 Å². The van der Waals surface area contributed by atoms with Crippen LogP contribution in [0.3, 0.4) is 0 Å². The zero-order chi connectivity index (χ0) is 15.8. The van der Waals surface area contributed by atoms with Crippen LogP contribution in [0.25, 0.3) is 0 Å². The van der Waals surface area contributed by atoms with E-state index in [4.69, 9.17) is 9.84 Å². The van der Waals surface area contributed by atoms with Gasteiger partial charge in [-0.15, -0.1) is 0 Å². The zero-order valence-electron chi connectivity index (χ0n) is 12.2. The van der Waals surface area contributed by atoms with Crippen LogP contribution in [0.1, 0.15) is 20.3 Å². The number of amides is 1. The molecule has 1 aromatic carbocycles. The number of nitrogens with zero attached hydrogens (tertiary/aromatic N) is 1. The molecule has 1 N–H and O–H groups in total. The summed E-state index contributed by atoms with van der Waals surface area (Å²) in [5.41, 5.74) is 0. The second-order valence-corrected chi connectivity index (χ2v) is 5.95. The lowest BCUT2D eigenvalue weighted by Crippen LogP contribution is -2.39. The van der Waals surface area contributed by atoms with Crippen molar-refractivity contribution < 1.29 is 19.4 Å². The van der Waals surface area contributed by atoms with Gasteiger partial charge in [0.2, 0.25) is 0 Å². The lowest BCUT2D eigenvalue weighted by atomic mass is 10.2. The second kappa shape index (κ2) is 8.67. The van der Waals surface area contributed by atoms with E-state index in [9.17, 15) is 9.59 Å². The molecule has 0 aliphatic heterocycles. The summed E-state index contributed by atoms with van der Waals surface area (Å²) in [6.45, 7) is 4.58. The van der Waals surface area contributed by atoms with Crippen LogP contribution in [-0.2, 0) is 9.59 Å². The predicted octanol–water partition coefficient (Wildman–Crippen LogP) is 2.79. The third-order valence-corrected chi connectivity index (χ3v) is 3.38. The lowest BCUT2D eigenvalue weighted by molar-refractivity contribution is -0.139. The van der Waals surface area contributed by atoms with Gasteiger partial charge in [-0.25, -0.2) is 0 Å². The van der Waals surface area contributed by atoms with Crippen molar-refractivity contribution in [3.63, 3.8) is 0 Å². The van der Waals surface area contributed by atoms with E-state index in [-0.39, 0.29) is 31.4 Å². The third-order valence-electron chi connectivity index (χ3n) is 2.72. The fourth-order valence-electron chi connectivity index (χ4n) is 1.78. The Morgan fingerprint density at radius 1 is 1.33 bits per heavy atom. The van der Waals surface area contributed by atoms with Gasteiger partial charge in [-0.3, -0.25) is 9.59 Å². The fourth-order valence-corrected chi connectivity index (χ4v) is 2.18. The van der Waals surface area contributed by atoms with Gasteiger partial charge in [0.05, 0.1) is 10.9 Å². The van der Waals surface area contributed by atoms with E-state index in [0.717, 1.165) is 4.47 Å². The maximum Gasteiger partial charge on any atom is 0.305 e. The van der Waals surface area contributed by atoms with Crippen molar-refractivity contribution >= 4 is 27.8 Å². The molecule has 0 aliphatic carbocycles. The first kappa shape index (κ1) is 17.5. The molecule has 21 heavy (non-hydrogen) atoms. The molecule has 0 spiro atoms. The molecule has 1 rings (SSSR count). The van der Waals surface area contributed by atoms with Gasteiger partial charge in [0.25, 0.3) is 5.91 Å². The topological polar surface area (TPSA) is 66.8 Å². The largest absolute Gasteiger partial charge is 0.483 e. The molecule has 0 aliphatic rings. The van der Waals surface area contributed by atoms with Crippen LogP contribution in [-0.4, -0.2) is 41.6 Å². The number of halogens is 1. The summed E-state index contributed by atoms with van der Waals surface area (Å²) in [4.78, 5) is 24.4. The van der Waals surface area contributed by atoms with Crippen molar-refractivity contribution in [2.75, 3.05) is 19.7 Å². The van der Waals surface area contributed by atoms with E-state index in [1.165, 1.54) is 4.90 Å². The Morgan fingerprint density at radius 2 is 2.00 bits per heavy atom. The maximum absolute atomic E-state index is 12.2. The van der Waals surface area contributed by atoms with Crippen molar-refractivity contribution in [1.29, 1.82) is 0 Å². The third kappa shape index (κ3) is 6.62. The van der Waals surface area contributed by atoms with Gasteiger partial charge in [0.1, 0.15) is 5.75 Å². The normalized spacial score (nSPS) is 10.5. The molecule has 116 valence electrons. The predicted molar refractivity (Wildman–Crippen MR) is 83.3 cm³/mol. The molecule has 1 aromatic rings. The Kier molecular flexibility index (Phi) is 7.22. The molecule has 0 heterocycles. The number of carboxylic acid groups (broad SMARTS) is 1. The van der Waals surface area contributed by atoms with Crippen molar-refractivity contribution in [3.8, 4) is 5.75 Å². The monoisotopic (exact) mass is 357 g/mol. The van der Waals surface area contributed by atoms with Crippen LogP contribution in [0.5, 0.6) is 5.75 Å². The van der Waals surface area contributed by atoms with E-state index in [1.807, 2.05) is 32.0 Å². The molecule has 0 atom stereocenters. The van der Waals surface area contributed by atoms with Gasteiger partial charge in [-0.2, -0.15) is 0 Å². The van der Waals surface area contributed by atoms with Crippen molar-refractivity contribution in [3.05, 3.63) is 28.7 Å². The van der Waals surface area contributed by atoms with Crippen molar-refractivity contribution in [1.82, 2.24) is 4.90 Å². The van der Waals surface area contributed by atoms with Gasteiger partial charge in [-0.05, 0) is 34.0 Å². The first-order valence-corrected chi connectivity index (χ1v) is 7.56. The number of aliphatic carboxylic acids is 1. The summed E-state index contributed by atoms with van der Waals surface area (Å²) < 4.78 is 6.26. The molecular formula is C15H20BrNO4. The van der Waals surface area contributed by atoms with E-state index in [2.05, 4.69) is 15.9 Å². The smallest absolute Gasteiger partial charge is 0.305 e. The molecule has 5 nitrogen and oxygen atoms in total. The summed E-state index contributed by atoms with van der Waals surface area (Å²) in [6.07, 6.45) is -0.0620. The Balaban J connectivity index is 2.59. The lowest BCUT2D eigenvalue weighted by Gasteiger charge is -2.24. The summed E-state index contributed by atoms with van der Waals surface area (Å²) in [5.74, 6) is -0.260. The van der Waals surface area contributed by atoms with Crippen LogP contribution in [0.4, 0.5) is 0 Å². The number of benzene rings is 1. The minimum atomic E-state index is -0.914. The van der Waals surface area contributed by atoms with Gasteiger partial charge >= 0.3 is 5.97 Å². The van der Waals surface area contributed by atoms with Crippen LogP contribution < -0.4 is 4.74 Å². The highest BCUT2D eigenvalue weighted by atomic mass is 79.9. The summed E-state index contributed by atoms with van der Waals surface area (Å²) in [6, 6.07) is 7.27. The Labute approximate surface area is 133 Å². The van der Waals surface area contributed by atoms with Crippen molar-refractivity contribution in [2.24, 2.45) is 5.92 Å². The Morgan fingerprint density at radius 3 is 2.57 bits per heavy atom. The van der Waals surface area contributed by atoms with E-state index < -0.39 is 5.97 Å². The average molecular weight is 358 g/mol. The molecule has 0 aromatic heterocycles. The van der Waals surface area contributed by atoms with Gasteiger partial charge in [0.15, 0.2) is 6.61 Å². The zero-order valence-corrected chi connectivity index (χ0v) is 13.8. The fraction of sp³-hybridized carbons (Fsp3) is 0.467. The number of carbonyl (C=O) groups is 2. The molecule has 0 bridgehead atoms. The number of carbonyl (C=O) groups excluding carboxylic acids is 1.